The molecule has 1 N–H and O–H groups in total. The molecule has 2 heterocycles. The number of aliphatic imine (C=N–C) groups is 1. The molecular formula is C18H29IN4. The van der Waals surface area contributed by atoms with Crippen LogP contribution >= 0.6 is 24.0 Å². The average Bonchev–Trinajstić information content (AvgIpc) is 2.97. The SMILES string of the molecule is CN=C(NCCc1ccncc1C)N1CC2CCCCC2C1.I. The fraction of sp³-hybridized carbons (Fsp3) is 0.667. The van der Waals surface area contributed by atoms with Gasteiger partial charge in [-0.1, -0.05) is 12.8 Å². The third-order valence-corrected chi connectivity index (χ3v) is 5.30. The molecule has 0 bridgehead atoms. The molecule has 2 unspecified atom stereocenters. The molecule has 5 heteroatoms. The molecule has 2 atom stereocenters. The summed E-state index contributed by atoms with van der Waals surface area (Å²) in [6.45, 7) is 5.45. The van der Waals surface area contributed by atoms with E-state index in [-0.39, 0.29) is 24.0 Å². The van der Waals surface area contributed by atoms with Gasteiger partial charge in [0.1, 0.15) is 0 Å². The largest absolute Gasteiger partial charge is 0.356 e. The van der Waals surface area contributed by atoms with Crippen LogP contribution in [0.1, 0.15) is 36.8 Å². The fourth-order valence-corrected chi connectivity index (χ4v) is 4.00. The van der Waals surface area contributed by atoms with Gasteiger partial charge in [-0.15, -0.1) is 24.0 Å². The molecule has 2 fully saturated rings. The van der Waals surface area contributed by atoms with Crippen LogP contribution in [0.5, 0.6) is 0 Å². The van der Waals surface area contributed by atoms with Crippen molar-refractivity contribution in [2.24, 2.45) is 16.8 Å². The van der Waals surface area contributed by atoms with Gasteiger partial charge in [-0.05, 0) is 55.2 Å². The van der Waals surface area contributed by atoms with E-state index in [2.05, 4.69) is 33.2 Å². The zero-order valence-electron chi connectivity index (χ0n) is 14.3. The smallest absolute Gasteiger partial charge is 0.193 e. The van der Waals surface area contributed by atoms with Gasteiger partial charge < -0.3 is 10.2 Å². The molecule has 0 aromatic carbocycles. The summed E-state index contributed by atoms with van der Waals surface area (Å²) in [5.74, 6) is 2.88. The Labute approximate surface area is 157 Å². The lowest BCUT2D eigenvalue weighted by Gasteiger charge is -2.22. The number of hydrogen-bond donors (Lipinski definition) is 1. The Bertz CT molecular complexity index is 518. The van der Waals surface area contributed by atoms with Gasteiger partial charge in [-0.25, -0.2) is 0 Å². The molecule has 1 aromatic rings. The van der Waals surface area contributed by atoms with Crippen LogP contribution in [0.2, 0.25) is 0 Å². The van der Waals surface area contributed by atoms with Crippen LogP contribution in [0.15, 0.2) is 23.5 Å². The van der Waals surface area contributed by atoms with Gasteiger partial charge in [-0.2, -0.15) is 0 Å². The summed E-state index contributed by atoms with van der Waals surface area (Å²) in [5, 5.41) is 3.55. The number of aryl methyl sites for hydroxylation is 1. The number of pyridine rings is 1. The fourth-order valence-electron chi connectivity index (χ4n) is 4.00. The molecule has 1 aliphatic heterocycles. The molecule has 1 saturated carbocycles. The van der Waals surface area contributed by atoms with E-state index in [1.54, 1.807) is 0 Å². The third-order valence-electron chi connectivity index (χ3n) is 5.30. The van der Waals surface area contributed by atoms with Crippen molar-refractivity contribution in [3.8, 4) is 0 Å². The van der Waals surface area contributed by atoms with Crippen LogP contribution < -0.4 is 5.32 Å². The van der Waals surface area contributed by atoms with Gasteiger partial charge in [0.2, 0.25) is 0 Å². The Balaban J connectivity index is 0.00000192. The zero-order chi connectivity index (χ0) is 15.4. The first-order valence-corrected chi connectivity index (χ1v) is 8.63. The number of guanidine groups is 1. The van der Waals surface area contributed by atoms with E-state index in [1.165, 1.54) is 49.9 Å². The Kier molecular flexibility index (Phi) is 7.11. The highest BCUT2D eigenvalue weighted by Gasteiger charge is 2.35. The minimum Gasteiger partial charge on any atom is -0.356 e. The molecule has 3 rings (SSSR count). The van der Waals surface area contributed by atoms with Crippen LogP contribution in [-0.2, 0) is 6.42 Å². The summed E-state index contributed by atoms with van der Waals surface area (Å²) in [4.78, 5) is 11.1. The van der Waals surface area contributed by atoms with Crippen molar-refractivity contribution in [1.82, 2.24) is 15.2 Å². The monoisotopic (exact) mass is 428 g/mol. The molecule has 4 nitrogen and oxygen atoms in total. The second-order valence-corrected chi connectivity index (χ2v) is 6.74. The summed E-state index contributed by atoms with van der Waals surface area (Å²) >= 11 is 0. The van der Waals surface area contributed by atoms with Gasteiger partial charge >= 0.3 is 0 Å². The molecular weight excluding hydrogens is 399 g/mol. The number of hydrogen-bond acceptors (Lipinski definition) is 2. The first kappa shape index (κ1) is 18.5. The van der Waals surface area contributed by atoms with Crippen LogP contribution in [0, 0.1) is 18.8 Å². The summed E-state index contributed by atoms with van der Waals surface area (Å²) in [7, 11) is 1.90. The molecule has 1 aliphatic carbocycles. The minimum absolute atomic E-state index is 0. The van der Waals surface area contributed by atoms with Crippen LogP contribution in [0.4, 0.5) is 0 Å². The van der Waals surface area contributed by atoms with Crippen molar-refractivity contribution in [3.63, 3.8) is 0 Å². The van der Waals surface area contributed by atoms with E-state index in [4.69, 9.17) is 0 Å². The standard InChI is InChI=1S/C18H28N4.HI/c1-14-11-20-9-7-15(14)8-10-21-18(19-2)22-12-16-5-3-4-6-17(16)13-22;/h7,9,11,16-17H,3-6,8,10,12-13H2,1-2H3,(H,19,21);1H. The molecule has 0 amide bonds. The quantitative estimate of drug-likeness (QED) is 0.457. The Morgan fingerprint density at radius 1 is 1.30 bits per heavy atom. The molecule has 128 valence electrons. The molecule has 1 saturated heterocycles. The molecule has 2 aliphatic rings. The highest BCUT2D eigenvalue weighted by molar-refractivity contribution is 14.0. The minimum atomic E-state index is 0. The predicted molar refractivity (Wildman–Crippen MR) is 106 cm³/mol. The number of aromatic nitrogens is 1. The summed E-state index contributed by atoms with van der Waals surface area (Å²) in [5.41, 5.74) is 2.64. The first-order chi connectivity index (χ1) is 10.8. The Hall–Kier alpha value is -0.850. The summed E-state index contributed by atoms with van der Waals surface area (Å²) in [6, 6.07) is 2.12. The van der Waals surface area contributed by atoms with Gasteiger partial charge in [0, 0.05) is 39.1 Å². The third kappa shape index (κ3) is 4.58. The van der Waals surface area contributed by atoms with E-state index >= 15 is 0 Å². The number of likely N-dealkylation sites (tertiary alicyclic amines) is 1. The van der Waals surface area contributed by atoms with Crippen molar-refractivity contribution >= 4 is 29.9 Å². The summed E-state index contributed by atoms with van der Waals surface area (Å²) in [6.07, 6.45) is 10.5. The number of nitrogens with one attached hydrogen (secondary N) is 1. The highest BCUT2D eigenvalue weighted by Crippen LogP contribution is 2.35. The number of fused-ring (bicyclic) bond motifs is 1. The van der Waals surface area contributed by atoms with Crippen molar-refractivity contribution in [1.29, 1.82) is 0 Å². The van der Waals surface area contributed by atoms with Gasteiger partial charge in [0.05, 0.1) is 0 Å². The Morgan fingerprint density at radius 3 is 2.61 bits per heavy atom. The number of halogens is 1. The van der Waals surface area contributed by atoms with Gasteiger partial charge in [0.25, 0.3) is 0 Å². The average molecular weight is 428 g/mol. The lowest BCUT2D eigenvalue weighted by atomic mass is 9.82. The normalized spacial score (nSPS) is 24.1. The topological polar surface area (TPSA) is 40.5 Å². The number of rotatable bonds is 3. The van der Waals surface area contributed by atoms with E-state index in [9.17, 15) is 0 Å². The van der Waals surface area contributed by atoms with E-state index in [0.717, 1.165) is 30.8 Å². The molecule has 1 aromatic heterocycles. The lowest BCUT2D eigenvalue weighted by molar-refractivity contribution is 0.299. The lowest BCUT2D eigenvalue weighted by Crippen LogP contribution is -2.41. The van der Waals surface area contributed by atoms with Crippen molar-refractivity contribution < 1.29 is 0 Å². The van der Waals surface area contributed by atoms with Gasteiger partial charge in [0.15, 0.2) is 5.96 Å². The molecule has 23 heavy (non-hydrogen) atoms. The van der Waals surface area contributed by atoms with Crippen LogP contribution in [-0.4, -0.2) is 42.5 Å². The number of nitrogens with zero attached hydrogens (tertiary/aromatic N) is 3. The maximum absolute atomic E-state index is 4.50. The predicted octanol–water partition coefficient (Wildman–Crippen LogP) is 3.25. The zero-order valence-corrected chi connectivity index (χ0v) is 16.6. The van der Waals surface area contributed by atoms with Crippen LogP contribution in [0.25, 0.3) is 0 Å². The van der Waals surface area contributed by atoms with E-state index in [0.29, 0.717) is 0 Å². The second kappa shape index (κ2) is 8.85. The highest BCUT2D eigenvalue weighted by atomic mass is 127. The van der Waals surface area contributed by atoms with Crippen molar-refractivity contribution in [2.75, 3.05) is 26.7 Å². The maximum Gasteiger partial charge on any atom is 0.193 e. The van der Waals surface area contributed by atoms with Crippen molar-refractivity contribution in [3.05, 3.63) is 29.6 Å². The van der Waals surface area contributed by atoms with E-state index in [1.807, 2.05) is 19.4 Å². The first-order valence-electron chi connectivity index (χ1n) is 8.63. The molecule has 0 radical (unpaired) electrons. The Morgan fingerprint density at radius 2 is 2.00 bits per heavy atom. The van der Waals surface area contributed by atoms with Crippen LogP contribution in [0.3, 0.4) is 0 Å². The summed E-state index contributed by atoms with van der Waals surface area (Å²) < 4.78 is 0. The van der Waals surface area contributed by atoms with Crippen molar-refractivity contribution in [2.45, 2.75) is 39.0 Å². The maximum atomic E-state index is 4.50. The second-order valence-electron chi connectivity index (χ2n) is 6.74. The molecule has 0 spiro atoms. The van der Waals surface area contributed by atoms with E-state index < -0.39 is 0 Å². The van der Waals surface area contributed by atoms with Gasteiger partial charge in [-0.3, -0.25) is 9.98 Å².